The summed E-state index contributed by atoms with van der Waals surface area (Å²) in [6.45, 7) is 4.31. The number of likely N-dealkylation sites (N-methyl/N-ethyl adjacent to an activating group) is 1. The number of nitrogens with zero attached hydrogens (tertiary/aromatic N) is 3. The minimum Gasteiger partial charge on any atom is -0.466 e. The molecule has 0 amide bonds. The topological polar surface area (TPSA) is 67.3 Å². The molecule has 0 radical (unpaired) electrons. The Labute approximate surface area is 150 Å². The van der Waals surface area contributed by atoms with Crippen molar-refractivity contribution in [3.05, 3.63) is 24.2 Å². The van der Waals surface area contributed by atoms with Crippen LogP contribution in [0.5, 0.6) is 0 Å². The molecule has 1 aliphatic rings. The number of carbonyl (C=O) groups excluding carboxylic acids is 1. The maximum atomic E-state index is 11.1. The van der Waals surface area contributed by atoms with E-state index >= 15 is 0 Å². The van der Waals surface area contributed by atoms with Gasteiger partial charge < -0.3 is 15.0 Å². The normalized spacial score (nSPS) is 17.0. The van der Waals surface area contributed by atoms with Crippen LogP contribution in [0.3, 0.4) is 0 Å². The summed E-state index contributed by atoms with van der Waals surface area (Å²) in [6.07, 6.45) is 13.2. The van der Waals surface area contributed by atoms with E-state index in [-0.39, 0.29) is 0 Å². The van der Waals surface area contributed by atoms with E-state index in [0.717, 1.165) is 18.3 Å². The smallest absolute Gasteiger partial charge is 0.330 e. The van der Waals surface area contributed by atoms with Crippen LogP contribution in [-0.4, -0.2) is 54.1 Å². The van der Waals surface area contributed by atoms with Crippen LogP contribution in [-0.2, 0) is 9.53 Å². The molecule has 1 aromatic rings. The molecule has 1 aromatic heterocycles. The molecule has 2 rings (SSSR count). The first-order valence-corrected chi connectivity index (χ1v) is 9.10. The molecule has 0 unspecified atom stereocenters. The van der Waals surface area contributed by atoms with E-state index in [0.29, 0.717) is 11.7 Å². The second kappa shape index (κ2) is 10.1. The quantitative estimate of drug-likeness (QED) is 0.576. The fourth-order valence-corrected chi connectivity index (χ4v) is 3.37. The van der Waals surface area contributed by atoms with Crippen LogP contribution in [0.4, 0.5) is 5.82 Å². The van der Waals surface area contributed by atoms with Gasteiger partial charge in [-0.25, -0.2) is 9.78 Å². The molecule has 6 heteroatoms. The number of aromatic nitrogens is 2. The Bertz CT molecular complexity index is 553. The van der Waals surface area contributed by atoms with E-state index in [4.69, 9.17) is 0 Å². The zero-order valence-electron chi connectivity index (χ0n) is 15.6. The average molecular weight is 346 g/mol. The summed E-state index contributed by atoms with van der Waals surface area (Å²) >= 11 is 0. The van der Waals surface area contributed by atoms with Gasteiger partial charge in [0.15, 0.2) is 0 Å². The van der Waals surface area contributed by atoms with Crippen LogP contribution >= 0.6 is 0 Å². The maximum Gasteiger partial charge on any atom is 0.330 e. The third-order valence-corrected chi connectivity index (χ3v) is 4.54. The van der Waals surface area contributed by atoms with E-state index in [1.54, 1.807) is 18.5 Å². The monoisotopic (exact) mass is 346 g/mol. The van der Waals surface area contributed by atoms with Gasteiger partial charge in [0.2, 0.25) is 0 Å². The first-order chi connectivity index (χ1) is 12.1. The molecule has 0 aliphatic heterocycles. The Balaban J connectivity index is 1.76. The maximum absolute atomic E-state index is 11.1. The van der Waals surface area contributed by atoms with Crippen LogP contribution in [0, 0.1) is 5.92 Å². The van der Waals surface area contributed by atoms with Gasteiger partial charge in [-0.3, -0.25) is 4.98 Å². The van der Waals surface area contributed by atoms with Crippen molar-refractivity contribution in [3.8, 4) is 0 Å². The van der Waals surface area contributed by atoms with Crippen molar-refractivity contribution >= 4 is 17.9 Å². The van der Waals surface area contributed by atoms with E-state index in [1.807, 2.05) is 0 Å². The zero-order valence-corrected chi connectivity index (χ0v) is 15.6. The van der Waals surface area contributed by atoms with Crippen molar-refractivity contribution < 1.29 is 9.53 Å². The van der Waals surface area contributed by atoms with Crippen molar-refractivity contribution in [1.82, 2.24) is 14.9 Å². The van der Waals surface area contributed by atoms with Crippen molar-refractivity contribution in [3.63, 3.8) is 0 Å². The van der Waals surface area contributed by atoms with Crippen molar-refractivity contribution in [2.75, 3.05) is 32.6 Å². The van der Waals surface area contributed by atoms with Crippen LogP contribution in [0.25, 0.3) is 6.08 Å². The van der Waals surface area contributed by atoms with E-state index in [9.17, 15) is 4.79 Å². The average Bonchev–Trinajstić information content (AvgIpc) is 2.61. The number of rotatable bonds is 8. The lowest BCUT2D eigenvalue weighted by atomic mass is 9.89. The molecule has 6 nitrogen and oxygen atoms in total. The Morgan fingerprint density at radius 1 is 1.36 bits per heavy atom. The minimum absolute atomic E-state index is 0.291. The second-order valence-electron chi connectivity index (χ2n) is 6.95. The second-order valence-corrected chi connectivity index (χ2v) is 6.95. The van der Waals surface area contributed by atoms with E-state index in [2.05, 4.69) is 38.9 Å². The molecule has 1 heterocycles. The number of ether oxygens (including phenoxy) is 1. The van der Waals surface area contributed by atoms with Crippen LogP contribution in [0.15, 0.2) is 18.5 Å². The molecule has 138 valence electrons. The molecule has 25 heavy (non-hydrogen) atoms. The summed E-state index contributed by atoms with van der Waals surface area (Å²) in [5.74, 6) is 1.19. The Hall–Kier alpha value is -1.95. The fraction of sp³-hybridized carbons (Fsp3) is 0.632. The first-order valence-electron chi connectivity index (χ1n) is 9.10. The Morgan fingerprint density at radius 3 is 2.76 bits per heavy atom. The Morgan fingerprint density at radius 2 is 2.12 bits per heavy atom. The van der Waals surface area contributed by atoms with Crippen molar-refractivity contribution in [2.24, 2.45) is 5.92 Å². The first kappa shape index (κ1) is 19.4. The van der Waals surface area contributed by atoms with Gasteiger partial charge in [0.05, 0.1) is 25.2 Å². The molecule has 0 spiro atoms. The van der Waals surface area contributed by atoms with Crippen LogP contribution in [0.2, 0.25) is 0 Å². The highest BCUT2D eigenvalue weighted by Crippen LogP contribution is 2.24. The zero-order chi connectivity index (χ0) is 18.1. The number of esters is 1. The van der Waals surface area contributed by atoms with Gasteiger partial charge >= 0.3 is 5.97 Å². The number of carbonyl (C=O) groups is 1. The van der Waals surface area contributed by atoms with Crippen molar-refractivity contribution in [1.29, 1.82) is 0 Å². The standard InChI is InChI=1S/C19H30N4O2/c1-15(13-23(2)14-16-7-5-4-6-8-16)22-18-12-20-17(11-21-18)9-10-19(24)25-3/h9-12,15-16H,4-8,13-14H2,1-3H3,(H,21,22)/b10-9+/t15-/m1/s1. The third kappa shape index (κ3) is 7.22. The summed E-state index contributed by atoms with van der Waals surface area (Å²) in [5, 5.41) is 3.38. The molecule has 1 fully saturated rings. The fourth-order valence-electron chi connectivity index (χ4n) is 3.37. The molecule has 1 N–H and O–H groups in total. The van der Waals surface area contributed by atoms with Crippen molar-refractivity contribution in [2.45, 2.75) is 45.1 Å². The summed E-state index contributed by atoms with van der Waals surface area (Å²) in [6, 6.07) is 0.291. The number of hydrogen-bond acceptors (Lipinski definition) is 6. The molecule has 0 saturated heterocycles. The summed E-state index contributed by atoms with van der Waals surface area (Å²) in [4.78, 5) is 22.1. The lowest BCUT2D eigenvalue weighted by Crippen LogP contribution is -2.36. The largest absolute Gasteiger partial charge is 0.466 e. The molecule has 1 aliphatic carbocycles. The number of methoxy groups -OCH3 is 1. The summed E-state index contributed by atoms with van der Waals surface area (Å²) in [7, 11) is 3.54. The van der Waals surface area contributed by atoms with Gasteiger partial charge in [0.1, 0.15) is 5.82 Å². The van der Waals surface area contributed by atoms with Gasteiger partial charge in [-0.05, 0) is 38.8 Å². The van der Waals surface area contributed by atoms with Gasteiger partial charge in [0, 0.05) is 25.2 Å². The molecule has 0 bridgehead atoms. The van der Waals surface area contributed by atoms with E-state index in [1.165, 1.54) is 51.8 Å². The lowest BCUT2D eigenvalue weighted by molar-refractivity contribution is -0.134. The highest BCUT2D eigenvalue weighted by atomic mass is 16.5. The van der Waals surface area contributed by atoms with Gasteiger partial charge in [-0.2, -0.15) is 0 Å². The molecule has 0 aromatic carbocycles. The number of nitrogens with one attached hydrogen (secondary N) is 1. The number of hydrogen-bond donors (Lipinski definition) is 1. The van der Waals surface area contributed by atoms with Gasteiger partial charge in [-0.15, -0.1) is 0 Å². The van der Waals surface area contributed by atoms with E-state index < -0.39 is 5.97 Å². The predicted molar refractivity (Wildman–Crippen MR) is 100 cm³/mol. The molecular formula is C19H30N4O2. The summed E-state index contributed by atoms with van der Waals surface area (Å²) in [5.41, 5.74) is 0.623. The molecule has 1 saturated carbocycles. The van der Waals surface area contributed by atoms with Gasteiger partial charge in [-0.1, -0.05) is 19.3 Å². The van der Waals surface area contributed by atoms with Gasteiger partial charge in [0.25, 0.3) is 0 Å². The van der Waals surface area contributed by atoms with Crippen LogP contribution in [0.1, 0.15) is 44.7 Å². The molecule has 1 atom stereocenters. The predicted octanol–water partition coefficient (Wildman–Crippen LogP) is 2.98. The number of anilines is 1. The highest BCUT2D eigenvalue weighted by Gasteiger charge is 2.16. The lowest BCUT2D eigenvalue weighted by Gasteiger charge is -2.29. The third-order valence-electron chi connectivity index (χ3n) is 4.54. The minimum atomic E-state index is -0.404. The van der Waals surface area contributed by atoms with Crippen LogP contribution < -0.4 is 5.32 Å². The Kier molecular flexibility index (Phi) is 7.85. The summed E-state index contributed by atoms with van der Waals surface area (Å²) < 4.78 is 4.55. The molecular weight excluding hydrogens is 316 g/mol. The SMILES string of the molecule is COC(=O)/C=C/c1cnc(N[C@H](C)CN(C)CC2CCCCC2)cn1. The highest BCUT2D eigenvalue weighted by molar-refractivity contribution is 5.86.